The fraction of sp³-hybridized carbons (Fsp3) is 0.333. The molecule has 1 aliphatic rings. The van der Waals surface area contributed by atoms with Crippen LogP contribution in [0.1, 0.15) is 0 Å². The maximum absolute atomic E-state index is 13.0. The van der Waals surface area contributed by atoms with Crippen LogP contribution in [0.25, 0.3) is 11.1 Å². The standard InChI is InChI=1S/C18H23N3O2S.2ClH/c1-20-11-12-21(17(13-19)14-20)24(22,23)18-9-7-16(8-10-18)15-5-3-2-4-6-15;;/h2-10,17H,11-14,19H2,1H3;2*1H. The zero-order valence-corrected chi connectivity index (χ0v) is 17.1. The topological polar surface area (TPSA) is 66.6 Å². The first-order valence-corrected chi connectivity index (χ1v) is 9.52. The number of piperazine rings is 1. The molecule has 1 heterocycles. The second kappa shape index (κ2) is 9.69. The van der Waals surface area contributed by atoms with Crippen molar-refractivity contribution < 1.29 is 8.42 Å². The molecule has 8 heteroatoms. The van der Waals surface area contributed by atoms with Crippen molar-refractivity contribution in [2.45, 2.75) is 10.9 Å². The summed E-state index contributed by atoms with van der Waals surface area (Å²) in [6.45, 7) is 2.18. The molecule has 0 amide bonds. The summed E-state index contributed by atoms with van der Waals surface area (Å²) in [5.74, 6) is 0. The lowest BCUT2D eigenvalue weighted by atomic mass is 10.1. The Balaban J connectivity index is 0.00000169. The van der Waals surface area contributed by atoms with Gasteiger partial charge in [-0.2, -0.15) is 4.31 Å². The fourth-order valence-electron chi connectivity index (χ4n) is 3.09. The van der Waals surface area contributed by atoms with Gasteiger partial charge >= 0.3 is 0 Å². The molecule has 144 valence electrons. The normalized spacial score (nSPS) is 18.6. The molecule has 0 aliphatic carbocycles. The minimum absolute atomic E-state index is 0. The maximum atomic E-state index is 13.0. The number of nitrogens with zero attached hydrogens (tertiary/aromatic N) is 2. The average Bonchev–Trinajstić information content (AvgIpc) is 2.62. The van der Waals surface area contributed by atoms with E-state index in [1.54, 1.807) is 16.4 Å². The van der Waals surface area contributed by atoms with Gasteiger partial charge in [-0.05, 0) is 30.3 Å². The predicted octanol–water partition coefficient (Wildman–Crippen LogP) is 2.46. The minimum atomic E-state index is -3.52. The molecule has 3 rings (SSSR count). The second-order valence-electron chi connectivity index (χ2n) is 6.16. The molecule has 5 nitrogen and oxygen atoms in total. The SMILES string of the molecule is CN1CCN(S(=O)(=O)c2ccc(-c3ccccc3)cc2)C(CN)C1.Cl.Cl. The monoisotopic (exact) mass is 417 g/mol. The van der Waals surface area contributed by atoms with Gasteiger partial charge in [-0.25, -0.2) is 8.42 Å². The van der Waals surface area contributed by atoms with Crippen molar-refractivity contribution in [3.8, 4) is 11.1 Å². The summed E-state index contributed by atoms with van der Waals surface area (Å²) in [5, 5.41) is 0. The van der Waals surface area contributed by atoms with E-state index in [9.17, 15) is 8.42 Å². The zero-order chi connectivity index (χ0) is 17.2. The van der Waals surface area contributed by atoms with E-state index in [2.05, 4.69) is 4.90 Å². The first-order chi connectivity index (χ1) is 11.5. The van der Waals surface area contributed by atoms with Crippen LogP contribution in [0.5, 0.6) is 0 Å². The summed E-state index contributed by atoms with van der Waals surface area (Å²) in [6.07, 6.45) is 0. The second-order valence-corrected chi connectivity index (χ2v) is 8.05. The van der Waals surface area contributed by atoms with Crippen LogP contribution in [0.4, 0.5) is 0 Å². The molecular formula is C18H25Cl2N3O2S. The Morgan fingerprint density at radius 3 is 2.12 bits per heavy atom. The summed E-state index contributed by atoms with van der Waals surface area (Å²) in [7, 11) is -1.53. The summed E-state index contributed by atoms with van der Waals surface area (Å²) >= 11 is 0. The molecule has 0 aromatic heterocycles. The molecule has 0 bridgehead atoms. The van der Waals surface area contributed by atoms with Gasteiger partial charge < -0.3 is 10.6 Å². The Kier molecular flexibility index (Phi) is 8.53. The van der Waals surface area contributed by atoms with Crippen LogP contribution < -0.4 is 5.73 Å². The van der Waals surface area contributed by atoms with Crippen LogP contribution in [0.3, 0.4) is 0 Å². The van der Waals surface area contributed by atoms with Gasteiger partial charge in [0.05, 0.1) is 10.9 Å². The smallest absolute Gasteiger partial charge is 0.243 e. The summed E-state index contributed by atoms with van der Waals surface area (Å²) in [6, 6.07) is 16.8. The third-order valence-electron chi connectivity index (χ3n) is 4.47. The lowest BCUT2D eigenvalue weighted by Crippen LogP contribution is -2.56. The number of likely N-dealkylation sites (N-methyl/N-ethyl adjacent to an activating group) is 1. The highest BCUT2D eigenvalue weighted by atomic mass is 35.5. The molecule has 2 aromatic carbocycles. The molecular weight excluding hydrogens is 393 g/mol. The van der Waals surface area contributed by atoms with Gasteiger partial charge in [-0.3, -0.25) is 0 Å². The minimum Gasteiger partial charge on any atom is -0.329 e. The summed E-state index contributed by atoms with van der Waals surface area (Å²) in [5.41, 5.74) is 7.87. The molecule has 1 fully saturated rings. The predicted molar refractivity (Wildman–Crippen MR) is 111 cm³/mol. The van der Waals surface area contributed by atoms with Crippen LogP contribution in [-0.4, -0.2) is 56.9 Å². The molecule has 2 N–H and O–H groups in total. The average molecular weight is 418 g/mol. The lowest BCUT2D eigenvalue weighted by molar-refractivity contribution is 0.164. The van der Waals surface area contributed by atoms with Gasteiger partial charge in [0, 0.05) is 26.2 Å². The highest BCUT2D eigenvalue weighted by Gasteiger charge is 2.34. The molecule has 0 spiro atoms. The Morgan fingerprint density at radius 2 is 1.54 bits per heavy atom. The molecule has 1 aliphatic heterocycles. The Morgan fingerprint density at radius 1 is 0.962 bits per heavy atom. The number of benzene rings is 2. The van der Waals surface area contributed by atoms with Crippen LogP contribution in [0.15, 0.2) is 59.5 Å². The van der Waals surface area contributed by atoms with Gasteiger partial charge in [-0.15, -0.1) is 24.8 Å². The van der Waals surface area contributed by atoms with Gasteiger partial charge in [0.2, 0.25) is 10.0 Å². The number of sulfonamides is 1. The van der Waals surface area contributed by atoms with Crippen molar-refractivity contribution in [1.82, 2.24) is 9.21 Å². The number of hydrogen-bond acceptors (Lipinski definition) is 4. The van der Waals surface area contributed by atoms with E-state index in [4.69, 9.17) is 5.73 Å². The van der Waals surface area contributed by atoms with Crippen LogP contribution >= 0.6 is 24.8 Å². The summed E-state index contributed by atoms with van der Waals surface area (Å²) in [4.78, 5) is 2.44. The van der Waals surface area contributed by atoms with E-state index in [0.717, 1.165) is 17.7 Å². The third kappa shape index (κ3) is 4.76. The third-order valence-corrected chi connectivity index (χ3v) is 6.44. The first-order valence-electron chi connectivity index (χ1n) is 8.08. The molecule has 26 heavy (non-hydrogen) atoms. The molecule has 0 radical (unpaired) electrons. The van der Waals surface area contributed by atoms with Gasteiger partial charge in [0.1, 0.15) is 0 Å². The number of nitrogens with two attached hydrogens (primary N) is 1. The Bertz CT molecular complexity index is 786. The largest absolute Gasteiger partial charge is 0.329 e. The van der Waals surface area contributed by atoms with E-state index in [1.807, 2.05) is 49.5 Å². The van der Waals surface area contributed by atoms with Gasteiger partial charge in [0.15, 0.2) is 0 Å². The van der Waals surface area contributed by atoms with Gasteiger partial charge in [0.25, 0.3) is 0 Å². The molecule has 0 saturated carbocycles. The number of hydrogen-bond donors (Lipinski definition) is 1. The van der Waals surface area contributed by atoms with Gasteiger partial charge in [-0.1, -0.05) is 42.5 Å². The Labute approximate surface area is 168 Å². The van der Waals surface area contributed by atoms with E-state index >= 15 is 0 Å². The van der Waals surface area contributed by atoms with Crippen molar-refractivity contribution in [3.63, 3.8) is 0 Å². The first kappa shape index (κ1) is 22.9. The molecule has 1 saturated heterocycles. The number of rotatable bonds is 4. The zero-order valence-electron chi connectivity index (χ0n) is 14.6. The highest BCUT2D eigenvalue weighted by molar-refractivity contribution is 7.89. The molecule has 1 atom stereocenters. The van der Waals surface area contributed by atoms with E-state index in [0.29, 0.717) is 24.5 Å². The van der Waals surface area contributed by atoms with E-state index in [1.165, 1.54) is 0 Å². The van der Waals surface area contributed by atoms with Crippen molar-refractivity contribution in [3.05, 3.63) is 54.6 Å². The highest BCUT2D eigenvalue weighted by Crippen LogP contribution is 2.24. The number of halogens is 2. The van der Waals surface area contributed by atoms with Crippen LogP contribution in [-0.2, 0) is 10.0 Å². The van der Waals surface area contributed by atoms with Crippen molar-refractivity contribution in [2.75, 3.05) is 33.2 Å². The van der Waals surface area contributed by atoms with Crippen LogP contribution in [0.2, 0.25) is 0 Å². The van der Waals surface area contributed by atoms with Crippen molar-refractivity contribution in [2.24, 2.45) is 5.73 Å². The Hall–Kier alpha value is -1.15. The van der Waals surface area contributed by atoms with E-state index in [-0.39, 0.29) is 30.9 Å². The lowest BCUT2D eigenvalue weighted by Gasteiger charge is -2.38. The maximum Gasteiger partial charge on any atom is 0.243 e. The fourth-order valence-corrected chi connectivity index (χ4v) is 4.71. The van der Waals surface area contributed by atoms with Crippen molar-refractivity contribution >= 4 is 34.8 Å². The van der Waals surface area contributed by atoms with Crippen LogP contribution in [0, 0.1) is 0 Å². The van der Waals surface area contributed by atoms with Crippen molar-refractivity contribution in [1.29, 1.82) is 0 Å². The van der Waals surface area contributed by atoms with E-state index < -0.39 is 10.0 Å². The quantitative estimate of drug-likeness (QED) is 0.829. The molecule has 1 unspecified atom stereocenters. The summed E-state index contributed by atoms with van der Waals surface area (Å²) < 4.78 is 27.5. The molecule has 2 aromatic rings.